The predicted octanol–water partition coefficient (Wildman–Crippen LogP) is 3.40. The maximum absolute atomic E-state index is 10.2. The third-order valence-electron chi connectivity index (χ3n) is 4.07. The second kappa shape index (κ2) is 11.9. The molecule has 2 aromatic rings. The van der Waals surface area contributed by atoms with E-state index in [1.54, 1.807) is 12.4 Å². The van der Waals surface area contributed by atoms with Crippen molar-refractivity contribution in [2.75, 3.05) is 19.6 Å². The summed E-state index contributed by atoms with van der Waals surface area (Å²) in [6, 6.07) is 12.2. The number of aliphatic hydroxyl groups is 1. The topological polar surface area (TPSA) is 69.5 Å². The smallest absolute Gasteiger partial charge is 0.191 e. The number of guanidine groups is 1. The van der Waals surface area contributed by atoms with Crippen LogP contribution in [-0.2, 0) is 0 Å². The monoisotopic (exact) mass is 468 g/mol. The highest BCUT2D eigenvalue weighted by Crippen LogP contribution is 2.16. The molecule has 142 valence electrons. The first-order valence-electron chi connectivity index (χ1n) is 8.77. The van der Waals surface area contributed by atoms with Crippen molar-refractivity contribution in [2.24, 2.45) is 4.99 Å². The van der Waals surface area contributed by atoms with Crippen molar-refractivity contribution in [1.29, 1.82) is 0 Å². The second-order valence-electron chi connectivity index (χ2n) is 6.21. The van der Waals surface area contributed by atoms with E-state index in [1.165, 1.54) is 11.1 Å². The fraction of sp³-hybridized carbons (Fsp3) is 0.400. The summed E-state index contributed by atoms with van der Waals surface area (Å²) in [5.41, 5.74) is 3.38. The number of nitrogens with one attached hydrogen (secondary N) is 2. The maximum atomic E-state index is 10.2. The van der Waals surface area contributed by atoms with E-state index < -0.39 is 6.10 Å². The summed E-state index contributed by atoms with van der Waals surface area (Å²) in [6.45, 7) is 8.14. The van der Waals surface area contributed by atoms with E-state index in [9.17, 15) is 5.11 Å². The molecule has 1 aromatic carbocycles. The van der Waals surface area contributed by atoms with Crippen molar-refractivity contribution in [3.8, 4) is 0 Å². The van der Waals surface area contributed by atoms with Crippen molar-refractivity contribution < 1.29 is 5.11 Å². The lowest BCUT2D eigenvalue weighted by atomic mass is 10.0. The Labute approximate surface area is 173 Å². The maximum Gasteiger partial charge on any atom is 0.191 e. The number of halogens is 1. The van der Waals surface area contributed by atoms with Crippen LogP contribution in [0.3, 0.4) is 0 Å². The molecule has 0 fully saturated rings. The minimum atomic E-state index is -0.596. The number of benzene rings is 1. The molecule has 2 atom stereocenters. The highest BCUT2D eigenvalue weighted by molar-refractivity contribution is 14.0. The molecule has 1 heterocycles. The van der Waals surface area contributed by atoms with Crippen LogP contribution in [0, 0.1) is 6.92 Å². The summed E-state index contributed by atoms with van der Waals surface area (Å²) in [7, 11) is 0. The number of aromatic nitrogens is 1. The number of hydrogen-bond donors (Lipinski definition) is 3. The van der Waals surface area contributed by atoms with Gasteiger partial charge in [-0.1, -0.05) is 36.8 Å². The second-order valence-corrected chi connectivity index (χ2v) is 6.21. The average molecular weight is 468 g/mol. The highest BCUT2D eigenvalue weighted by Gasteiger charge is 2.09. The van der Waals surface area contributed by atoms with E-state index in [0.717, 1.165) is 18.1 Å². The molecule has 0 aliphatic carbocycles. The van der Waals surface area contributed by atoms with Gasteiger partial charge in [0.1, 0.15) is 0 Å². The van der Waals surface area contributed by atoms with Crippen LogP contribution >= 0.6 is 24.0 Å². The molecule has 0 saturated heterocycles. The van der Waals surface area contributed by atoms with Gasteiger partial charge in [-0.05, 0) is 37.1 Å². The zero-order valence-corrected chi connectivity index (χ0v) is 18.0. The minimum Gasteiger partial charge on any atom is -0.387 e. The van der Waals surface area contributed by atoms with Crippen LogP contribution in [0.25, 0.3) is 0 Å². The predicted molar refractivity (Wildman–Crippen MR) is 118 cm³/mol. The molecule has 0 aliphatic rings. The third-order valence-corrected chi connectivity index (χ3v) is 4.07. The standard InChI is InChI=1S/C20H28N4O.HI/c1-4-22-20(24-14-19(25)18-9-11-21-12-10-18)23-13-16(3)17-7-5-15(2)6-8-17;/h5-12,16,19,25H,4,13-14H2,1-3H3,(H2,22,23,24);1H. The van der Waals surface area contributed by atoms with E-state index in [0.29, 0.717) is 19.0 Å². The number of hydrogen-bond acceptors (Lipinski definition) is 3. The Morgan fingerprint density at radius 3 is 2.35 bits per heavy atom. The SMILES string of the molecule is CCNC(=NCC(C)c1ccc(C)cc1)NCC(O)c1ccncc1.I. The summed E-state index contributed by atoms with van der Waals surface area (Å²) in [4.78, 5) is 8.62. The summed E-state index contributed by atoms with van der Waals surface area (Å²) < 4.78 is 0. The van der Waals surface area contributed by atoms with E-state index in [2.05, 4.69) is 58.7 Å². The Kier molecular flexibility index (Phi) is 10.2. The van der Waals surface area contributed by atoms with E-state index in [1.807, 2.05) is 19.1 Å². The molecule has 0 radical (unpaired) electrons. The fourth-order valence-corrected chi connectivity index (χ4v) is 2.47. The molecule has 3 N–H and O–H groups in total. The van der Waals surface area contributed by atoms with Crippen LogP contribution in [-0.4, -0.2) is 35.7 Å². The number of nitrogens with zero attached hydrogens (tertiary/aromatic N) is 2. The Bertz CT molecular complexity index is 661. The first kappa shape index (κ1) is 22.4. The Morgan fingerprint density at radius 1 is 1.08 bits per heavy atom. The molecule has 0 saturated carbocycles. The Balaban J connectivity index is 0.00000338. The summed E-state index contributed by atoms with van der Waals surface area (Å²) in [5.74, 6) is 1.05. The number of aliphatic hydroxyl groups excluding tert-OH is 1. The van der Waals surface area contributed by atoms with Crippen LogP contribution in [0.5, 0.6) is 0 Å². The lowest BCUT2D eigenvalue weighted by molar-refractivity contribution is 0.180. The Morgan fingerprint density at radius 2 is 1.73 bits per heavy atom. The van der Waals surface area contributed by atoms with Gasteiger partial charge in [0.15, 0.2) is 5.96 Å². The summed E-state index contributed by atoms with van der Waals surface area (Å²) in [5, 5.41) is 16.7. The molecule has 1 aromatic heterocycles. The highest BCUT2D eigenvalue weighted by atomic mass is 127. The van der Waals surface area contributed by atoms with Crippen molar-refractivity contribution in [2.45, 2.75) is 32.8 Å². The van der Waals surface area contributed by atoms with Gasteiger partial charge < -0.3 is 15.7 Å². The molecular formula is C20H29IN4O. The molecule has 6 heteroatoms. The largest absolute Gasteiger partial charge is 0.387 e. The van der Waals surface area contributed by atoms with Crippen LogP contribution in [0.1, 0.15) is 42.6 Å². The number of rotatable bonds is 7. The molecule has 2 unspecified atom stereocenters. The van der Waals surface area contributed by atoms with Gasteiger partial charge in [0.05, 0.1) is 6.10 Å². The first-order chi connectivity index (χ1) is 12.1. The number of aliphatic imine (C=N–C) groups is 1. The lowest BCUT2D eigenvalue weighted by Crippen LogP contribution is -2.39. The molecule has 5 nitrogen and oxygen atoms in total. The zero-order chi connectivity index (χ0) is 18.1. The lowest BCUT2D eigenvalue weighted by Gasteiger charge is -2.16. The first-order valence-corrected chi connectivity index (χ1v) is 8.77. The van der Waals surface area contributed by atoms with Crippen LogP contribution < -0.4 is 10.6 Å². The molecule has 0 aliphatic heterocycles. The van der Waals surface area contributed by atoms with E-state index >= 15 is 0 Å². The molecule has 2 rings (SSSR count). The number of pyridine rings is 1. The van der Waals surface area contributed by atoms with Crippen LogP contribution in [0.2, 0.25) is 0 Å². The number of aryl methyl sites for hydroxylation is 1. The van der Waals surface area contributed by atoms with Gasteiger partial charge >= 0.3 is 0 Å². The van der Waals surface area contributed by atoms with Crippen LogP contribution in [0.15, 0.2) is 53.8 Å². The third kappa shape index (κ3) is 7.29. The quantitative estimate of drug-likeness (QED) is 0.331. The van der Waals surface area contributed by atoms with E-state index in [4.69, 9.17) is 0 Å². The van der Waals surface area contributed by atoms with Gasteiger partial charge in [0.2, 0.25) is 0 Å². The van der Waals surface area contributed by atoms with Gasteiger partial charge in [-0.2, -0.15) is 0 Å². The van der Waals surface area contributed by atoms with Crippen molar-refractivity contribution in [3.05, 3.63) is 65.5 Å². The average Bonchev–Trinajstić information content (AvgIpc) is 2.64. The van der Waals surface area contributed by atoms with Crippen molar-refractivity contribution in [3.63, 3.8) is 0 Å². The van der Waals surface area contributed by atoms with Gasteiger partial charge in [-0.3, -0.25) is 9.98 Å². The molecule has 0 spiro atoms. The summed E-state index contributed by atoms with van der Waals surface area (Å²) >= 11 is 0. The van der Waals surface area contributed by atoms with Crippen LogP contribution in [0.4, 0.5) is 0 Å². The fourth-order valence-electron chi connectivity index (χ4n) is 2.47. The van der Waals surface area contributed by atoms with E-state index in [-0.39, 0.29) is 24.0 Å². The van der Waals surface area contributed by atoms with Gasteiger partial charge in [0, 0.05) is 37.9 Å². The molecule has 0 bridgehead atoms. The van der Waals surface area contributed by atoms with Gasteiger partial charge in [-0.15, -0.1) is 24.0 Å². The van der Waals surface area contributed by atoms with Gasteiger partial charge in [-0.25, -0.2) is 0 Å². The van der Waals surface area contributed by atoms with Gasteiger partial charge in [0.25, 0.3) is 0 Å². The minimum absolute atomic E-state index is 0. The molecular weight excluding hydrogens is 439 g/mol. The molecule has 0 amide bonds. The Hall–Kier alpha value is -1.67. The van der Waals surface area contributed by atoms with Crippen molar-refractivity contribution >= 4 is 29.9 Å². The molecule has 26 heavy (non-hydrogen) atoms. The normalized spacial score (nSPS) is 13.5. The van der Waals surface area contributed by atoms with Crippen molar-refractivity contribution in [1.82, 2.24) is 15.6 Å². The zero-order valence-electron chi connectivity index (χ0n) is 15.6. The summed E-state index contributed by atoms with van der Waals surface area (Å²) in [6.07, 6.45) is 2.77.